The Morgan fingerprint density at radius 1 is 0.967 bits per heavy atom. The lowest BCUT2D eigenvalue weighted by Crippen LogP contribution is -2.40. The van der Waals surface area contributed by atoms with E-state index in [1.165, 1.54) is 29.2 Å². The number of carbonyl (C=O) groups is 2. The number of morpholine rings is 1. The lowest BCUT2D eigenvalue weighted by atomic mass is 10.0. The van der Waals surface area contributed by atoms with Crippen molar-refractivity contribution in [2.24, 2.45) is 0 Å². The van der Waals surface area contributed by atoms with E-state index in [0.29, 0.717) is 43.3 Å². The first-order chi connectivity index (χ1) is 14.4. The van der Waals surface area contributed by atoms with Gasteiger partial charge in [0.15, 0.2) is 0 Å². The second-order valence-corrected chi connectivity index (χ2v) is 7.36. The highest BCUT2D eigenvalue weighted by atomic mass is 16.6. The molecule has 2 aliphatic rings. The first kappa shape index (κ1) is 19.8. The van der Waals surface area contributed by atoms with Crippen molar-refractivity contribution in [3.63, 3.8) is 0 Å². The van der Waals surface area contributed by atoms with Gasteiger partial charge in [0, 0.05) is 25.2 Å². The molecule has 8 heteroatoms. The summed E-state index contributed by atoms with van der Waals surface area (Å²) < 4.78 is 5.40. The third kappa shape index (κ3) is 3.35. The van der Waals surface area contributed by atoms with Crippen molar-refractivity contribution in [1.82, 2.24) is 4.90 Å². The summed E-state index contributed by atoms with van der Waals surface area (Å²) in [6, 6.07) is 11.3. The molecule has 2 aliphatic heterocycles. The highest BCUT2D eigenvalue weighted by Crippen LogP contribution is 2.36. The predicted molar refractivity (Wildman–Crippen MR) is 111 cm³/mol. The smallest absolute Gasteiger partial charge is 0.282 e. The molecular weight excluding hydrogens is 386 g/mol. The minimum absolute atomic E-state index is 0.0738. The average molecular weight is 407 g/mol. The van der Waals surface area contributed by atoms with Gasteiger partial charge in [0.1, 0.15) is 5.70 Å². The molecule has 2 heterocycles. The molecule has 0 N–H and O–H groups in total. The lowest BCUT2D eigenvalue weighted by Gasteiger charge is -2.29. The molecule has 2 aromatic rings. The van der Waals surface area contributed by atoms with Crippen LogP contribution in [-0.2, 0) is 14.3 Å². The molecule has 0 atom stereocenters. The molecule has 0 unspecified atom stereocenters. The quantitative estimate of drug-likeness (QED) is 0.440. The molecule has 0 aliphatic carbocycles. The number of nitro benzene ring substituents is 1. The van der Waals surface area contributed by atoms with Gasteiger partial charge in [-0.05, 0) is 43.2 Å². The zero-order chi connectivity index (χ0) is 21.4. The van der Waals surface area contributed by atoms with E-state index in [0.717, 1.165) is 11.1 Å². The van der Waals surface area contributed by atoms with Gasteiger partial charge in [-0.3, -0.25) is 19.7 Å². The Kier molecular flexibility index (Phi) is 5.09. The van der Waals surface area contributed by atoms with Gasteiger partial charge in [-0.15, -0.1) is 0 Å². The van der Waals surface area contributed by atoms with Gasteiger partial charge in [0.05, 0.1) is 29.4 Å². The topological polar surface area (TPSA) is 93.0 Å². The van der Waals surface area contributed by atoms with Crippen LogP contribution in [0, 0.1) is 24.0 Å². The van der Waals surface area contributed by atoms with Crippen LogP contribution < -0.4 is 4.90 Å². The number of nitro groups is 1. The summed E-state index contributed by atoms with van der Waals surface area (Å²) in [5.74, 6) is -0.815. The van der Waals surface area contributed by atoms with Gasteiger partial charge in [-0.2, -0.15) is 0 Å². The van der Waals surface area contributed by atoms with Gasteiger partial charge in [0.2, 0.25) is 0 Å². The second kappa shape index (κ2) is 7.72. The fourth-order valence-electron chi connectivity index (χ4n) is 3.88. The van der Waals surface area contributed by atoms with Gasteiger partial charge >= 0.3 is 0 Å². The number of nitrogens with zero attached hydrogens (tertiary/aromatic N) is 3. The average Bonchev–Trinajstić information content (AvgIpc) is 2.99. The van der Waals surface area contributed by atoms with E-state index in [1.807, 2.05) is 30.9 Å². The van der Waals surface area contributed by atoms with Crippen LogP contribution >= 0.6 is 0 Å². The van der Waals surface area contributed by atoms with Crippen LogP contribution in [0.5, 0.6) is 0 Å². The standard InChI is InChI=1S/C22H21N3O5/c1-14-3-8-18(15(2)13-14)24-21(26)19(16-4-6-17(7-5-16)25(28)29)20(22(24)27)23-9-11-30-12-10-23/h3-8,13H,9-12H2,1-2H3. The van der Waals surface area contributed by atoms with Crippen molar-refractivity contribution in [2.45, 2.75) is 13.8 Å². The summed E-state index contributed by atoms with van der Waals surface area (Å²) >= 11 is 0. The maximum atomic E-state index is 13.5. The third-order valence-corrected chi connectivity index (χ3v) is 5.35. The molecule has 0 aromatic heterocycles. The Bertz CT molecular complexity index is 1070. The van der Waals surface area contributed by atoms with E-state index in [2.05, 4.69) is 0 Å². The van der Waals surface area contributed by atoms with E-state index >= 15 is 0 Å². The first-order valence-corrected chi connectivity index (χ1v) is 9.66. The Morgan fingerprint density at radius 3 is 2.23 bits per heavy atom. The van der Waals surface area contributed by atoms with Crippen molar-refractivity contribution in [3.05, 3.63) is 75.0 Å². The van der Waals surface area contributed by atoms with Crippen LogP contribution in [0.15, 0.2) is 48.2 Å². The maximum absolute atomic E-state index is 13.5. The molecule has 1 fully saturated rings. The van der Waals surface area contributed by atoms with Crippen LogP contribution in [0.2, 0.25) is 0 Å². The van der Waals surface area contributed by atoms with Crippen LogP contribution in [0.4, 0.5) is 11.4 Å². The molecule has 8 nitrogen and oxygen atoms in total. The van der Waals surface area contributed by atoms with Gasteiger partial charge in [-0.1, -0.05) is 17.7 Å². The number of hydrogen-bond acceptors (Lipinski definition) is 6. The lowest BCUT2D eigenvalue weighted by molar-refractivity contribution is -0.384. The van der Waals surface area contributed by atoms with Crippen LogP contribution in [0.1, 0.15) is 16.7 Å². The minimum Gasteiger partial charge on any atom is -0.378 e. The maximum Gasteiger partial charge on any atom is 0.282 e. The fraction of sp³-hybridized carbons (Fsp3) is 0.273. The van der Waals surface area contributed by atoms with Gasteiger partial charge in [-0.25, -0.2) is 4.90 Å². The van der Waals surface area contributed by atoms with Crippen LogP contribution in [-0.4, -0.2) is 47.9 Å². The highest BCUT2D eigenvalue weighted by Gasteiger charge is 2.43. The van der Waals surface area contributed by atoms with Crippen molar-refractivity contribution in [3.8, 4) is 0 Å². The zero-order valence-electron chi connectivity index (χ0n) is 16.8. The molecule has 0 radical (unpaired) electrons. The number of aryl methyl sites for hydroxylation is 2. The van der Waals surface area contributed by atoms with E-state index in [9.17, 15) is 19.7 Å². The van der Waals surface area contributed by atoms with E-state index in [1.54, 1.807) is 6.07 Å². The largest absolute Gasteiger partial charge is 0.378 e. The van der Waals surface area contributed by atoms with Crippen molar-refractivity contribution >= 4 is 28.8 Å². The number of anilines is 1. The van der Waals surface area contributed by atoms with Crippen LogP contribution in [0.3, 0.4) is 0 Å². The zero-order valence-corrected chi connectivity index (χ0v) is 16.8. The number of rotatable bonds is 4. The molecule has 0 bridgehead atoms. The van der Waals surface area contributed by atoms with Crippen molar-refractivity contribution < 1.29 is 19.2 Å². The summed E-state index contributed by atoms with van der Waals surface area (Å²) in [6.45, 7) is 5.71. The third-order valence-electron chi connectivity index (χ3n) is 5.35. The van der Waals surface area contributed by atoms with E-state index in [-0.39, 0.29) is 17.2 Å². The van der Waals surface area contributed by atoms with Crippen molar-refractivity contribution in [1.29, 1.82) is 0 Å². The van der Waals surface area contributed by atoms with Gasteiger partial charge < -0.3 is 9.64 Å². The molecule has 30 heavy (non-hydrogen) atoms. The Hall–Kier alpha value is -3.52. The summed E-state index contributed by atoms with van der Waals surface area (Å²) in [6.07, 6.45) is 0. The Balaban J connectivity index is 1.83. The molecule has 2 aromatic carbocycles. The van der Waals surface area contributed by atoms with Crippen molar-refractivity contribution in [2.75, 3.05) is 31.2 Å². The predicted octanol–water partition coefficient (Wildman–Crippen LogP) is 2.83. The minimum atomic E-state index is -0.495. The summed E-state index contributed by atoms with van der Waals surface area (Å²) in [5.41, 5.74) is 3.38. The number of imide groups is 1. The number of amides is 2. The van der Waals surface area contributed by atoms with Gasteiger partial charge in [0.25, 0.3) is 17.5 Å². The molecule has 154 valence electrons. The second-order valence-electron chi connectivity index (χ2n) is 7.36. The number of hydrogen-bond donors (Lipinski definition) is 0. The number of non-ortho nitro benzene ring substituents is 1. The number of carbonyl (C=O) groups excluding carboxylic acids is 2. The summed E-state index contributed by atoms with van der Waals surface area (Å²) in [5, 5.41) is 11.0. The van der Waals surface area contributed by atoms with E-state index in [4.69, 9.17) is 4.74 Å². The first-order valence-electron chi connectivity index (χ1n) is 9.66. The molecule has 1 saturated heterocycles. The highest BCUT2D eigenvalue weighted by molar-refractivity contribution is 6.45. The normalized spacial score (nSPS) is 17.1. The molecule has 0 spiro atoms. The molecular formula is C22H21N3O5. The van der Waals surface area contributed by atoms with Crippen LogP contribution in [0.25, 0.3) is 5.57 Å². The fourth-order valence-corrected chi connectivity index (χ4v) is 3.88. The van der Waals surface area contributed by atoms with E-state index < -0.39 is 10.8 Å². The number of benzene rings is 2. The number of ether oxygens (including phenoxy) is 1. The molecule has 2 amide bonds. The summed E-state index contributed by atoms with van der Waals surface area (Å²) in [4.78, 5) is 40.5. The molecule has 0 saturated carbocycles. The monoisotopic (exact) mass is 407 g/mol. The molecule has 4 rings (SSSR count). The Morgan fingerprint density at radius 2 is 1.63 bits per heavy atom. The SMILES string of the molecule is Cc1ccc(N2C(=O)C(c3ccc([N+](=O)[O-])cc3)=C(N3CCOCC3)C2=O)c(C)c1. The summed E-state index contributed by atoms with van der Waals surface area (Å²) in [7, 11) is 0. The Labute approximate surface area is 173 Å².